The molecule has 5 heteroatoms. The van der Waals surface area contributed by atoms with Gasteiger partial charge >= 0.3 is 0 Å². The van der Waals surface area contributed by atoms with Crippen LogP contribution in [0.15, 0.2) is 45.4 Å². The van der Waals surface area contributed by atoms with Gasteiger partial charge in [0.05, 0.1) is 6.26 Å². The highest BCUT2D eigenvalue weighted by molar-refractivity contribution is 5.96. The minimum absolute atomic E-state index is 0.228. The number of amides is 1. The molecule has 0 saturated heterocycles. The quantitative estimate of drug-likeness (QED) is 0.745. The van der Waals surface area contributed by atoms with Crippen LogP contribution in [0.5, 0.6) is 0 Å². The van der Waals surface area contributed by atoms with Gasteiger partial charge in [0, 0.05) is 17.8 Å². The molecule has 3 aromatic rings. The number of carbonyl (C=O) groups excluding carboxylic acids is 1. The average Bonchev–Trinajstić information content (AvgIpc) is 3.16. The monoisotopic (exact) mass is 327 g/mol. The fourth-order valence-electron chi connectivity index (χ4n) is 2.70. The molecule has 2 atom stereocenters. The van der Waals surface area contributed by atoms with Gasteiger partial charge in [0.15, 0.2) is 5.76 Å². The lowest BCUT2D eigenvalue weighted by Gasteiger charge is -2.15. The number of aliphatic hydroxyl groups excluding tert-OH is 1. The lowest BCUT2D eigenvalue weighted by Crippen LogP contribution is -2.33. The summed E-state index contributed by atoms with van der Waals surface area (Å²) in [4.78, 5) is 12.4. The maximum atomic E-state index is 12.4. The Hall–Kier alpha value is -2.53. The van der Waals surface area contributed by atoms with Gasteiger partial charge in [0.25, 0.3) is 5.91 Å². The van der Waals surface area contributed by atoms with Crippen LogP contribution in [0.3, 0.4) is 0 Å². The smallest absolute Gasteiger partial charge is 0.287 e. The number of hydrogen-bond donors (Lipinski definition) is 2. The highest BCUT2D eigenvalue weighted by atomic mass is 16.4. The lowest BCUT2D eigenvalue weighted by molar-refractivity contribution is 0.0878. The third kappa shape index (κ3) is 3.36. The minimum atomic E-state index is -0.753. The molecule has 1 aromatic carbocycles. The molecule has 2 heterocycles. The third-order valence-electron chi connectivity index (χ3n) is 4.18. The fourth-order valence-corrected chi connectivity index (χ4v) is 2.70. The van der Waals surface area contributed by atoms with E-state index in [2.05, 4.69) is 5.32 Å². The molecule has 2 N–H and O–H groups in total. The number of benzene rings is 1. The maximum absolute atomic E-state index is 12.4. The number of furan rings is 2. The number of aryl methyl sites for hydroxylation is 2. The van der Waals surface area contributed by atoms with Crippen LogP contribution >= 0.6 is 0 Å². The normalized spacial score (nSPS) is 13.8. The summed E-state index contributed by atoms with van der Waals surface area (Å²) in [6.45, 7) is 5.87. The van der Waals surface area contributed by atoms with Crippen LogP contribution in [0.2, 0.25) is 0 Å². The fraction of sp³-hybridized carbons (Fsp3) is 0.316. The second kappa shape index (κ2) is 6.53. The van der Waals surface area contributed by atoms with E-state index in [1.807, 2.05) is 32.9 Å². The molecular weight excluding hydrogens is 306 g/mol. The van der Waals surface area contributed by atoms with Gasteiger partial charge in [-0.2, -0.15) is 0 Å². The first kappa shape index (κ1) is 16.3. The summed E-state index contributed by atoms with van der Waals surface area (Å²) >= 11 is 0. The van der Waals surface area contributed by atoms with E-state index in [9.17, 15) is 9.90 Å². The predicted molar refractivity (Wildman–Crippen MR) is 90.9 cm³/mol. The van der Waals surface area contributed by atoms with Crippen molar-refractivity contribution in [1.29, 1.82) is 0 Å². The molecule has 126 valence electrons. The molecule has 0 fully saturated rings. The average molecular weight is 327 g/mol. The van der Waals surface area contributed by atoms with Crippen LogP contribution < -0.4 is 5.32 Å². The Balaban J connectivity index is 1.68. The van der Waals surface area contributed by atoms with E-state index >= 15 is 0 Å². The number of nitrogens with one attached hydrogen (secondary N) is 1. The second-order valence-electron chi connectivity index (χ2n) is 6.23. The van der Waals surface area contributed by atoms with E-state index in [1.165, 1.54) is 6.26 Å². The Morgan fingerprint density at radius 1 is 1.25 bits per heavy atom. The first-order valence-electron chi connectivity index (χ1n) is 7.97. The van der Waals surface area contributed by atoms with E-state index in [-0.39, 0.29) is 17.7 Å². The van der Waals surface area contributed by atoms with Crippen molar-refractivity contribution in [1.82, 2.24) is 5.32 Å². The minimum Gasteiger partial charge on any atom is -0.467 e. The number of fused-ring (bicyclic) bond motifs is 1. The lowest BCUT2D eigenvalue weighted by atomic mass is 10.1. The highest BCUT2D eigenvalue weighted by Gasteiger charge is 2.19. The molecule has 0 spiro atoms. The van der Waals surface area contributed by atoms with Gasteiger partial charge in [-0.3, -0.25) is 4.79 Å². The predicted octanol–water partition coefficient (Wildman–Crippen LogP) is 3.88. The maximum Gasteiger partial charge on any atom is 0.287 e. The van der Waals surface area contributed by atoms with E-state index < -0.39 is 6.10 Å². The zero-order valence-corrected chi connectivity index (χ0v) is 14.0. The molecule has 0 aliphatic carbocycles. The molecule has 0 radical (unpaired) electrons. The first-order chi connectivity index (χ1) is 11.4. The summed E-state index contributed by atoms with van der Waals surface area (Å²) in [5, 5.41) is 13.8. The molecule has 2 unspecified atom stereocenters. The van der Waals surface area contributed by atoms with Crippen molar-refractivity contribution in [2.24, 2.45) is 0 Å². The van der Waals surface area contributed by atoms with Crippen LogP contribution in [0, 0.1) is 13.8 Å². The number of aliphatic hydroxyl groups is 1. The van der Waals surface area contributed by atoms with Gasteiger partial charge in [-0.05, 0) is 62.2 Å². The Bertz CT molecular complexity index is 809. The van der Waals surface area contributed by atoms with Gasteiger partial charge in [0.2, 0.25) is 0 Å². The Labute approximate surface area is 140 Å². The molecule has 0 bridgehead atoms. The molecule has 24 heavy (non-hydrogen) atoms. The van der Waals surface area contributed by atoms with Crippen molar-refractivity contribution in [2.45, 2.75) is 39.3 Å². The molecule has 3 rings (SSSR count). The number of rotatable bonds is 5. The van der Waals surface area contributed by atoms with Crippen LogP contribution in [-0.2, 0) is 0 Å². The van der Waals surface area contributed by atoms with Gasteiger partial charge in [0.1, 0.15) is 17.4 Å². The summed E-state index contributed by atoms with van der Waals surface area (Å²) in [7, 11) is 0. The SMILES string of the molecule is Cc1cc2cc(C(=O)NC(C)CC(O)c3ccco3)oc2cc1C. The Morgan fingerprint density at radius 3 is 2.71 bits per heavy atom. The Morgan fingerprint density at radius 2 is 2.00 bits per heavy atom. The molecule has 5 nitrogen and oxygen atoms in total. The molecule has 0 saturated carbocycles. The van der Waals surface area contributed by atoms with E-state index in [0.29, 0.717) is 17.8 Å². The summed E-state index contributed by atoms with van der Waals surface area (Å²) < 4.78 is 10.8. The summed E-state index contributed by atoms with van der Waals surface area (Å²) in [5.74, 6) is 0.473. The summed E-state index contributed by atoms with van der Waals surface area (Å²) in [5.41, 5.74) is 2.98. The van der Waals surface area contributed by atoms with Crippen LogP contribution in [-0.4, -0.2) is 17.1 Å². The van der Waals surface area contributed by atoms with Gasteiger partial charge in [-0.15, -0.1) is 0 Å². The third-order valence-corrected chi connectivity index (χ3v) is 4.18. The van der Waals surface area contributed by atoms with E-state index in [0.717, 1.165) is 16.5 Å². The first-order valence-corrected chi connectivity index (χ1v) is 7.97. The second-order valence-corrected chi connectivity index (χ2v) is 6.23. The van der Waals surface area contributed by atoms with Crippen molar-refractivity contribution in [2.75, 3.05) is 0 Å². The van der Waals surface area contributed by atoms with Crippen molar-refractivity contribution < 1.29 is 18.7 Å². The van der Waals surface area contributed by atoms with Crippen molar-refractivity contribution in [3.63, 3.8) is 0 Å². The van der Waals surface area contributed by atoms with Gasteiger partial charge in [-0.1, -0.05) is 0 Å². The molecule has 2 aromatic heterocycles. The Kier molecular flexibility index (Phi) is 4.44. The van der Waals surface area contributed by atoms with Gasteiger partial charge in [-0.25, -0.2) is 0 Å². The van der Waals surface area contributed by atoms with Crippen molar-refractivity contribution in [3.8, 4) is 0 Å². The number of hydrogen-bond acceptors (Lipinski definition) is 4. The van der Waals surface area contributed by atoms with Crippen molar-refractivity contribution >= 4 is 16.9 Å². The largest absolute Gasteiger partial charge is 0.467 e. The van der Waals surface area contributed by atoms with Crippen LogP contribution in [0.4, 0.5) is 0 Å². The van der Waals surface area contributed by atoms with E-state index in [1.54, 1.807) is 18.2 Å². The van der Waals surface area contributed by atoms with Crippen LogP contribution in [0.1, 0.15) is 46.9 Å². The summed E-state index contributed by atoms with van der Waals surface area (Å²) in [6, 6.07) is 8.89. The van der Waals surface area contributed by atoms with Gasteiger partial charge < -0.3 is 19.3 Å². The van der Waals surface area contributed by atoms with E-state index in [4.69, 9.17) is 8.83 Å². The molecular formula is C19H21NO4. The zero-order chi connectivity index (χ0) is 17.3. The molecule has 0 aliphatic rings. The standard InChI is InChI=1S/C19H21NO4/c1-11-7-14-10-18(24-17(14)8-12(11)2)19(22)20-13(3)9-15(21)16-5-4-6-23-16/h4-8,10,13,15,21H,9H2,1-3H3,(H,20,22). The zero-order valence-electron chi connectivity index (χ0n) is 14.0. The highest BCUT2D eigenvalue weighted by Crippen LogP contribution is 2.24. The number of carbonyl (C=O) groups is 1. The van der Waals surface area contributed by atoms with Crippen molar-refractivity contribution in [3.05, 3.63) is 59.2 Å². The van der Waals surface area contributed by atoms with Crippen LogP contribution in [0.25, 0.3) is 11.0 Å². The molecule has 0 aliphatic heterocycles. The topological polar surface area (TPSA) is 75.6 Å². The molecule has 1 amide bonds. The summed E-state index contributed by atoms with van der Waals surface area (Å²) in [6.07, 6.45) is 1.12.